The Morgan fingerprint density at radius 2 is 1.85 bits per heavy atom. The van der Waals surface area contributed by atoms with Gasteiger partial charge in [0.05, 0.1) is 5.60 Å². The molecular formula is C32H47FO. The summed E-state index contributed by atoms with van der Waals surface area (Å²) in [6.45, 7) is 9.33. The molecule has 188 valence electrons. The Morgan fingerprint density at radius 1 is 1.06 bits per heavy atom. The van der Waals surface area contributed by atoms with Crippen molar-refractivity contribution < 1.29 is 9.13 Å². The van der Waals surface area contributed by atoms with Gasteiger partial charge >= 0.3 is 0 Å². The highest BCUT2D eigenvalue weighted by Gasteiger charge is 2.47. The number of allylic oxidation sites excluding steroid dienone is 5. The maximum Gasteiger partial charge on any atom is 0.123 e. The normalized spacial score (nSPS) is 22.9. The largest absolute Gasteiger partial charge is 0.375 e. The van der Waals surface area contributed by atoms with Gasteiger partial charge in [0, 0.05) is 12.0 Å². The molecule has 0 bridgehead atoms. The van der Waals surface area contributed by atoms with E-state index in [9.17, 15) is 4.39 Å². The Morgan fingerprint density at radius 3 is 2.56 bits per heavy atom. The van der Waals surface area contributed by atoms with Gasteiger partial charge in [-0.3, -0.25) is 0 Å². The molecule has 1 aliphatic carbocycles. The molecule has 1 aliphatic heterocycles. The van der Waals surface area contributed by atoms with Gasteiger partial charge in [-0.2, -0.15) is 0 Å². The molecule has 1 atom stereocenters. The van der Waals surface area contributed by atoms with Crippen LogP contribution in [0.5, 0.6) is 0 Å². The van der Waals surface area contributed by atoms with Crippen LogP contribution in [0.15, 0.2) is 60.2 Å². The summed E-state index contributed by atoms with van der Waals surface area (Å²) in [5.74, 6) is -0.105. The zero-order valence-electron chi connectivity index (χ0n) is 21.8. The average Bonchev–Trinajstić information content (AvgIpc) is 3.29. The van der Waals surface area contributed by atoms with Gasteiger partial charge in [0.2, 0.25) is 0 Å². The number of hydrogen-bond donors (Lipinski definition) is 0. The van der Waals surface area contributed by atoms with Crippen molar-refractivity contribution >= 4 is 0 Å². The van der Waals surface area contributed by atoms with Crippen LogP contribution < -0.4 is 0 Å². The van der Waals surface area contributed by atoms with Gasteiger partial charge in [-0.25, -0.2) is 4.39 Å². The Labute approximate surface area is 208 Å². The minimum atomic E-state index is -0.105. The van der Waals surface area contributed by atoms with Crippen LogP contribution in [-0.2, 0) is 10.2 Å². The van der Waals surface area contributed by atoms with Crippen molar-refractivity contribution in [3.63, 3.8) is 0 Å². The van der Waals surface area contributed by atoms with Crippen molar-refractivity contribution in [2.24, 2.45) is 0 Å². The minimum Gasteiger partial charge on any atom is -0.375 e. The molecular weight excluding hydrogens is 419 g/mol. The van der Waals surface area contributed by atoms with Crippen molar-refractivity contribution in [2.75, 3.05) is 6.61 Å². The lowest BCUT2D eigenvalue weighted by atomic mass is 9.65. The van der Waals surface area contributed by atoms with Crippen LogP contribution >= 0.6 is 0 Å². The van der Waals surface area contributed by atoms with E-state index in [-0.39, 0.29) is 16.8 Å². The molecule has 1 unspecified atom stereocenters. The highest BCUT2D eigenvalue weighted by Crippen LogP contribution is 2.50. The monoisotopic (exact) mass is 466 g/mol. The summed E-state index contributed by atoms with van der Waals surface area (Å²) in [5, 5.41) is 0. The van der Waals surface area contributed by atoms with Crippen LogP contribution in [0, 0.1) is 5.82 Å². The summed E-state index contributed by atoms with van der Waals surface area (Å²) in [5.41, 5.74) is 4.11. The fourth-order valence-electron chi connectivity index (χ4n) is 6.23. The molecule has 1 spiro atoms. The minimum absolute atomic E-state index is 0.0382. The lowest BCUT2D eigenvalue weighted by molar-refractivity contribution is -0.104. The van der Waals surface area contributed by atoms with Crippen LogP contribution in [0.4, 0.5) is 4.39 Å². The Kier molecular flexibility index (Phi) is 10.6. The van der Waals surface area contributed by atoms with Crippen molar-refractivity contribution in [2.45, 2.75) is 121 Å². The summed E-state index contributed by atoms with van der Waals surface area (Å²) in [6, 6.07) is 7.43. The van der Waals surface area contributed by atoms with Crippen molar-refractivity contribution in [1.82, 2.24) is 0 Å². The Hall–Kier alpha value is -1.67. The van der Waals surface area contributed by atoms with Gasteiger partial charge in [0.1, 0.15) is 5.82 Å². The summed E-state index contributed by atoms with van der Waals surface area (Å²) in [4.78, 5) is 0. The van der Waals surface area contributed by atoms with E-state index in [0.29, 0.717) is 0 Å². The molecule has 0 aromatic heterocycles. The third kappa shape index (κ3) is 7.41. The molecule has 3 rings (SSSR count). The van der Waals surface area contributed by atoms with Crippen molar-refractivity contribution in [3.05, 3.63) is 71.6 Å². The highest BCUT2D eigenvalue weighted by atomic mass is 19.1. The topological polar surface area (TPSA) is 9.23 Å². The van der Waals surface area contributed by atoms with E-state index in [0.717, 1.165) is 45.1 Å². The molecule has 1 saturated carbocycles. The molecule has 0 N–H and O–H groups in total. The summed E-state index contributed by atoms with van der Waals surface area (Å²) >= 11 is 0. The molecule has 2 fully saturated rings. The molecule has 1 aromatic carbocycles. The quantitative estimate of drug-likeness (QED) is 0.208. The Balaban J connectivity index is 1.55. The summed E-state index contributed by atoms with van der Waals surface area (Å²) in [7, 11) is 0. The molecule has 1 nitrogen and oxygen atoms in total. The number of benzene rings is 1. The van der Waals surface area contributed by atoms with Gasteiger partial charge in [0.15, 0.2) is 0 Å². The molecule has 34 heavy (non-hydrogen) atoms. The molecule has 1 heterocycles. The summed E-state index contributed by atoms with van der Waals surface area (Å²) < 4.78 is 20.6. The number of ether oxygens (including phenoxy) is 1. The van der Waals surface area contributed by atoms with E-state index in [1.54, 1.807) is 12.1 Å². The first-order valence-electron chi connectivity index (χ1n) is 14.0. The van der Waals surface area contributed by atoms with E-state index in [2.05, 4.69) is 38.6 Å². The van der Waals surface area contributed by atoms with Crippen LogP contribution in [0.3, 0.4) is 0 Å². The van der Waals surface area contributed by atoms with E-state index in [4.69, 9.17) is 4.74 Å². The molecule has 2 aliphatic rings. The average molecular weight is 467 g/mol. The van der Waals surface area contributed by atoms with Gasteiger partial charge in [0.25, 0.3) is 0 Å². The molecule has 1 saturated heterocycles. The molecule has 0 radical (unpaired) electrons. The SMILES string of the molecule is C=C/C(=C\C(=CCCC)CC)CCCCCCC1(c2cccc(F)c2)CCOC2(CCCC2)C1. The lowest BCUT2D eigenvalue weighted by Crippen LogP contribution is -2.46. The third-order valence-corrected chi connectivity index (χ3v) is 8.21. The van der Waals surface area contributed by atoms with Crippen molar-refractivity contribution in [1.29, 1.82) is 0 Å². The number of rotatable bonds is 13. The molecule has 2 heteroatoms. The molecule has 1 aromatic rings. The van der Waals surface area contributed by atoms with Crippen molar-refractivity contribution in [3.8, 4) is 0 Å². The van der Waals surface area contributed by atoms with Gasteiger partial charge in [-0.1, -0.05) is 94.9 Å². The predicted molar refractivity (Wildman–Crippen MR) is 144 cm³/mol. The first-order chi connectivity index (χ1) is 16.5. The first kappa shape index (κ1) is 26.9. The Bertz CT molecular complexity index is 829. The summed E-state index contributed by atoms with van der Waals surface area (Å²) in [6.07, 6.45) is 24.3. The first-order valence-corrected chi connectivity index (χ1v) is 14.0. The second-order valence-electron chi connectivity index (χ2n) is 10.7. The maximum absolute atomic E-state index is 14.2. The number of hydrogen-bond acceptors (Lipinski definition) is 1. The smallest absolute Gasteiger partial charge is 0.123 e. The van der Waals surface area contributed by atoms with Gasteiger partial charge in [-0.15, -0.1) is 0 Å². The zero-order valence-corrected chi connectivity index (χ0v) is 21.8. The number of halogens is 1. The standard InChI is InChI=1S/C32H47FO/c1-4-7-15-27(5-2)24-28(6-3)16-10-8-9-11-19-31(29-17-14-18-30(33)25-29)22-23-34-32(26-31)20-12-13-21-32/h6,14-15,17-18,24-25H,3-5,7-13,16,19-23,26H2,1-2H3/b27-15?,28-24+. The van der Waals surface area contributed by atoms with Crippen LogP contribution in [0.25, 0.3) is 0 Å². The third-order valence-electron chi connectivity index (χ3n) is 8.21. The fourth-order valence-corrected chi connectivity index (χ4v) is 6.23. The van der Waals surface area contributed by atoms with E-state index in [1.807, 2.05) is 12.1 Å². The highest BCUT2D eigenvalue weighted by molar-refractivity contribution is 5.29. The van der Waals surface area contributed by atoms with Crippen LogP contribution in [-0.4, -0.2) is 12.2 Å². The zero-order chi connectivity index (χ0) is 24.3. The lowest BCUT2D eigenvalue weighted by Gasteiger charge is -2.47. The van der Waals surface area contributed by atoms with Gasteiger partial charge < -0.3 is 4.74 Å². The predicted octanol–water partition coefficient (Wildman–Crippen LogP) is 9.78. The second-order valence-corrected chi connectivity index (χ2v) is 10.7. The van der Waals surface area contributed by atoms with E-state index in [1.165, 1.54) is 74.5 Å². The van der Waals surface area contributed by atoms with Crippen LogP contribution in [0.1, 0.15) is 116 Å². The van der Waals surface area contributed by atoms with E-state index < -0.39 is 0 Å². The molecule has 0 amide bonds. The van der Waals surface area contributed by atoms with E-state index >= 15 is 0 Å². The van der Waals surface area contributed by atoms with Gasteiger partial charge in [-0.05, 0) is 81.1 Å². The fraction of sp³-hybridized carbons (Fsp3) is 0.625. The second kappa shape index (κ2) is 13.4. The maximum atomic E-state index is 14.2. The number of unbranched alkanes of at least 4 members (excludes halogenated alkanes) is 4. The van der Waals surface area contributed by atoms with Crippen LogP contribution in [0.2, 0.25) is 0 Å².